The minimum atomic E-state index is -0.898. The number of benzene rings is 2. The maximum atomic E-state index is 14.7. The lowest BCUT2D eigenvalue weighted by Crippen LogP contribution is -2.58. The van der Waals surface area contributed by atoms with Crippen LogP contribution in [0.5, 0.6) is 0 Å². The number of likely N-dealkylation sites (tertiary alicyclic amines) is 2. The highest BCUT2D eigenvalue weighted by molar-refractivity contribution is 6.24. The molecule has 0 radical (unpaired) electrons. The van der Waals surface area contributed by atoms with Crippen molar-refractivity contribution in [3.05, 3.63) is 118 Å². The number of imide groups is 4. The maximum absolute atomic E-state index is 14.7. The van der Waals surface area contributed by atoms with Gasteiger partial charge in [0.05, 0.1) is 58.1 Å². The molecule has 30 nitrogen and oxygen atoms in total. The van der Waals surface area contributed by atoms with Gasteiger partial charge >= 0.3 is 0 Å². The first-order valence-corrected chi connectivity index (χ1v) is 52.4. The Kier molecular flexibility index (Phi) is 39.2. The Morgan fingerprint density at radius 2 is 0.743 bits per heavy atom. The molecule has 4 saturated heterocycles. The second-order valence-corrected chi connectivity index (χ2v) is 43.0. The van der Waals surface area contributed by atoms with Crippen LogP contribution in [0.15, 0.2) is 73.3 Å². The first-order valence-electron chi connectivity index (χ1n) is 52.4. The lowest BCUT2D eigenvalue weighted by Gasteiger charge is -2.38. The van der Waals surface area contributed by atoms with E-state index in [4.69, 9.17) is 0 Å². The quantitative estimate of drug-likeness (QED) is 0.0249. The zero-order valence-corrected chi connectivity index (χ0v) is 85.1. The number of hydrogen-bond donors (Lipinski definition) is 4. The van der Waals surface area contributed by atoms with Gasteiger partial charge in [0, 0.05) is 102 Å². The van der Waals surface area contributed by atoms with E-state index in [2.05, 4.69) is 55.1 Å². The number of Topliss-reactive ketones (excluding diaryl/α,β-unsaturated/α-hetero) is 6. The molecule has 4 unspecified atom stereocenters. The third-order valence-corrected chi connectivity index (χ3v) is 30.4. The molecule has 30 heteroatoms. The number of amides is 12. The number of carbonyl (C=O) groups is 18. The van der Waals surface area contributed by atoms with Gasteiger partial charge < -0.3 is 20.4 Å². The normalized spacial score (nSPS) is 23.4. The van der Waals surface area contributed by atoms with Crippen molar-refractivity contribution in [3.63, 3.8) is 0 Å². The van der Waals surface area contributed by atoms with Crippen LogP contribution in [-0.4, -0.2) is 194 Å². The molecule has 2 aromatic carbocycles. The van der Waals surface area contributed by atoms with Crippen LogP contribution in [-0.2, 0) is 57.5 Å². The number of carbonyl (C=O) groups excluding carboxylic acids is 18. The van der Waals surface area contributed by atoms with E-state index >= 15 is 0 Å². The van der Waals surface area contributed by atoms with Gasteiger partial charge in [-0.2, -0.15) is 0 Å². The van der Waals surface area contributed by atoms with Crippen molar-refractivity contribution in [2.24, 2.45) is 81.8 Å². The summed E-state index contributed by atoms with van der Waals surface area (Å²) in [6, 6.07) is 8.36. The van der Waals surface area contributed by atoms with Crippen LogP contribution in [0.25, 0.3) is 0 Å². The van der Waals surface area contributed by atoms with Crippen molar-refractivity contribution in [2.45, 2.75) is 364 Å². The average molecular weight is 1930 g/mol. The van der Waals surface area contributed by atoms with E-state index in [0.717, 1.165) is 175 Å². The number of hydrogen-bond acceptors (Lipinski definition) is 22. The molecule has 4 N–H and O–H groups in total. The zero-order chi connectivity index (χ0) is 102. The second kappa shape index (κ2) is 50.1. The molecule has 16 rings (SSSR count). The standard InChI is InChI=1S/2C40H60N4O5.2C13H10N2O4.2C2H6/c2*1-6-11-27(19-30(45)18-26-16-17-26)20-35(47)36-31-15-10-14-29(31)24-44(36)39(49)37(40(3,4)5)43-38(48)32(28-12-8-7-9-13-28)21-34(46)33-23-41-25(2)22-42-33;2*16-10-6-5-9(11(17)14-10)15-12(18)7-3-1-2-4-8(7)13(15)19;2*1-2/h2*22-23,26-29,31-32,36-37H,6-21,24H2,1-5H3,(H,43,48);2*1-4,9H,5-6H2,(H,14,16,17);2*1-2H3/t2*27?,29-,31-,32-,36-,37+;;;;/m00..../s1. The Morgan fingerprint density at radius 3 is 1.04 bits per heavy atom. The number of aromatic nitrogens is 4. The number of ketones is 6. The van der Waals surface area contributed by atoms with Crippen molar-refractivity contribution >= 4 is 106 Å². The fraction of sp³-hybridized carbons (Fsp3) is 0.655. The Morgan fingerprint density at radius 1 is 0.407 bits per heavy atom. The van der Waals surface area contributed by atoms with Crippen LogP contribution < -0.4 is 21.3 Å². The number of nitrogens with zero attached hydrogens (tertiary/aromatic N) is 8. The van der Waals surface area contributed by atoms with Gasteiger partial charge in [-0.3, -0.25) is 117 Å². The monoisotopic (exact) mass is 1930 g/mol. The first kappa shape index (κ1) is 109. The summed E-state index contributed by atoms with van der Waals surface area (Å²) in [5.74, 6) is -3.73. The van der Waals surface area contributed by atoms with E-state index in [0.29, 0.717) is 85.7 Å². The minimum Gasteiger partial charge on any atom is -0.344 e. The van der Waals surface area contributed by atoms with Crippen molar-refractivity contribution in [1.82, 2.24) is 60.8 Å². The van der Waals surface area contributed by atoms with Crippen molar-refractivity contribution in [1.29, 1.82) is 0 Å². The molecule has 4 aromatic rings. The summed E-state index contributed by atoms with van der Waals surface area (Å²) >= 11 is 0. The summed E-state index contributed by atoms with van der Waals surface area (Å²) in [6.07, 6.45) is 33.3. The summed E-state index contributed by atoms with van der Waals surface area (Å²) < 4.78 is 0. The van der Waals surface area contributed by atoms with Crippen LogP contribution in [0.4, 0.5) is 0 Å². The third kappa shape index (κ3) is 27.9. The SMILES string of the molecule is CC.CC.CCCC(CC(=O)CC1CC1)CC(=O)[C@@H]1[C@H]2CCC[C@H]2CN1C(=O)[C@@H](NC(=O)[C@@H](CC(=O)c1cnc(C)cn1)C1CCCCC1)C(C)(C)C.CCCC(CC(=O)CC1CC1)CC(=O)[C@@H]1[C@H]2CCC[C@H]2CN1C(=O)[C@@H](NC(=O)[C@@H](CC(=O)c1cnc(C)cn1)C1CCCCC1)C(C)(C)C.O=C1CCC(N2C(=O)c3ccccc3C2=O)C(=O)N1.O=C1CCC(N2C(=O)c3ccccc3C2=O)C(=O)N1. The molecule has 6 aliphatic heterocycles. The molecular weight excluding hydrogens is 1780 g/mol. The summed E-state index contributed by atoms with van der Waals surface area (Å²) in [6.45, 7) is 28.6. The molecule has 12 amide bonds. The summed E-state index contributed by atoms with van der Waals surface area (Å²) in [5.41, 5.74) is 1.91. The van der Waals surface area contributed by atoms with Crippen LogP contribution in [0.2, 0.25) is 0 Å². The smallest absolute Gasteiger partial charge is 0.262 e. The van der Waals surface area contributed by atoms with Crippen LogP contribution in [0.1, 0.15) is 388 Å². The van der Waals surface area contributed by atoms with Crippen LogP contribution in [0, 0.1) is 95.7 Å². The van der Waals surface area contributed by atoms with Gasteiger partial charge in [0.1, 0.15) is 47.1 Å². The van der Waals surface area contributed by atoms with Gasteiger partial charge in [-0.25, -0.2) is 9.97 Å². The fourth-order valence-corrected chi connectivity index (χ4v) is 22.8. The molecule has 2 aromatic heterocycles. The lowest BCUT2D eigenvalue weighted by molar-refractivity contribution is -0.145. The molecule has 6 aliphatic carbocycles. The summed E-state index contributed by atoms with van der Waals surface area (Å²) in [4.78, 5) is 256. The molecule has 8 heterocycles. The minimum absolute atomic E-state index is 0.00581. The third-order valence-electron chi connectivity index (χ3n) is 30.4. The number of nitrogens with one attached hydrogen (secondary N) is 4. The van der Waals surface area contributed by atoms with E-state index in [-0.39, 0.29) is 167 Å². The fourth-order valence-electron chi connectivity index (χ4n) is 22.8. The zero-order valence-electron chi connectivity index (χ0n) is 85.1. The first-order chi connectivity index (χ1) is 66.9. The van der Waals surface area contributed by atoms with E-state index < -0.39 is 94.4 Å². The topological polar surface area (TPSA) is 420 Å². The molecule has 10 fully saturated rings. The number of fused-ring (bicyclic) bond motifs is 4. The van der Waals surface area contributed by atoms with E-state index in [1.165, 1.54) is 12.4 Å². The molecular formula is C110H152N12O18. The molecule has 12 aliphatic rings. The summed E-state index contributed by atoms with van der Waals surface area (Å²) in [5, 5.41) is 10.6. The van der Waals surface area contributed by atoms with E-state index in [1.807, 2.05) is 83.1 Å². The molecule has 6 saturated carbocycles. The van der Waals surface area contributed by atoms with Gasteiger partial charge in [-0.05, 0) is 211 Å². The predicted octanol–water partition coefficient (Wildman–Crippen LogP) is 15.9. The largest absolute Gasteiger partial charge is 0.344 e. The predicted molar refractivity (Wildman–Crippen MR) is 526 cm³/mol. The molecule has 14 atom stereocenters. The van der Waals surface area contributed by atoms with E-state index in [9.17, 15) is 86.3 Å². The molecule has 0 bridgehead atoms. The highest BCUT2D eigenvalue weighted by atomic mass is 16.2. The van der Waals surface area contributed by atoms with Gasteiger partial charge in [-0.1, -0.05) is 172 Å². The van der Waals surface area contributed by atoms with Crippen LogP contribution in [0.3, 0.4) is 0 Å². The Labute approximate surface area is 825 Å². The van der Waals surface area contributed by atoms with Crippen molar-refractivity contribution < 1.29 is 86.3 Å². The number of aryl methyl sites for hydroxylation is 2. The van der Waals surface area contributed by atoms with Crippen molar-refractivity contribution in [3.8, 4) is 0 Å². The number of rotatable bonds is 34. The molecule has 0 spiro atoms. The lowest BCUT2D eigenvalue weighted by atomic mass is 9.76. The van der Waals surface area contributed by atoms with E-state index in [1.54, 1.807) is 70.7 Å². The van der Waals surface area contributed by atoms with Gasteiger partial charge in [-0.15, -0.1) is 0 Å². The van der Waals surface area contributed by atoms with Gasteiger partial charge in [0.25, 0.3) is 23.6 Å². The maximum Gasteiger partial charge on any atom is 0.262 e. The number of piperidine rings is 2. The van der Waals surface area contributed by atoms with Gasteiger partial charge in [0.15, 0.2) is 23.1 Å². The highest BCUT2D eigenvalue weighted by Crippen LogP contribution is 2.48. The molecule has 140 heavy (non-hydrogen) atoms. The highest BCUT2D eigenvalue weighted by Gasteiger charge is 2.56. The summed E-state index contributed by atoms with van der Waals surface area (Å²) in [7, 11) is 0. The average Bonchev–Trinajstić information content (AvgIpc) is 1.70. The van der Waals surface area contributed by atoms with Gasteiger partial charge in [0.2, 0.25) is 47.3 Å². The Hall–Kier alpha value is -10.9. The molecule has 760 valence electrons. The van der Waals surface area contributed by atoms with Crippen molar-refractivity contribution in [2.75, 3.05) is 13.1 Å². The second-order valence-electron chi connectivity index (χ2n) is 43.0. The Bertz CT molecular complexity index is 4770. The Balaban J connectivity index is 0.000000191. The van der Waals surface area contributed by atoms with Crippen LogP contribution >= 0.6 is 0 Å².